The van der Waals surface area contributed by atoms with Crippen LogP contribution >= 0.6 is 11.6 Å². The number of halogens is 1. The van der Waals surface area contributed by atoms with E-state index in [2.05, 4.69) is 4.98 Å². The first-order valence-corrected chi connectivity index (χ1v) is 9.28. The minimum absolute atomic E-state index is 0.179. The van der Waals surface area contributed by atoms with Crippen LogP contribution < -0.4 is 0 Å². The molecule has 0 bridgehead atoms. The molecule has 2 aliphatic rings. The van der Waals surface area contributed by atoms with Gasteiger partial charge in [-0.15, -0.1) is 0 Å². The molecule has 0 atom stereocenters. The Hall–Kier alpha value is -1.68. The number of fused-ring (bicyclic) bond motifs is 4. The first kappa shape index (κ1) is 15.8. The Morgan fingerprint density at radius 1 is 1.33 bits per heavy atom. The molecule has 1 saturated carbocycles. The number of carbonyl (C=O) groups is 1. The van der Waals surface area contributed by atoms with Crippen LogP contribution in [0.1, 0.15) is 50.3 Å². The molecule has 1 amide bonds. The van der Waals surface area contributed by atoms with Gasteiger partial charge in [0.1, 0.15) is 0 Å². The van der Waals surface area contributed by atoms with Crippen molar-refractivity contribution in [3.05, 3.63) is 34.5 Å². The number of hydrogen-bond acceptors (Lipinski definition) is 2. The molecule has 1 aliphatic carbocycles. The number of ether oxygens (including phenoxy) is 1. The summed E-state index contributed by atoms with van der Waals surface area (Å²) in [6, 6.07) is 6.01. The third-order valence-corrected chi connectivity index (χ3v) is 5.84. The third-order valence-electron chi connectivity index (χ3n) is 5.60. The van der Waals surface area contributed by atoms with Gasteiger partial charge in [-0.25, -0.2) is 4.79 Å². The quantitative estimate of drug-likeness (QED) is 0.790. The van der Waals surface area contributed by atoms with E-state index in [-0.39, 0.29) is 11.6 Å². The van der Waals surface area contributed by atoms with Crippen molar-refractivity contribution in [1.82, 2.24) is 9.88 Å². The van der Waals surface area contributed by atoms with Crippen molar-refractivity contribution >= 4 is 28.6 Å². The molecule has 1 aromatic carbocycles. The maximum atomic E-state index is 12.6. The number of nitrogens with one attached hydrogen (secondary N) is 1. The zero-order chi connectivity index (χ0) is 16.7. The smallest absolute Gasteiger partial charge is 0.410 e. The van der Waals surface area contributed by atoms with Gasteiger partial charge in [0.25, 0.3) is 0 Å². The van der Waals surface area contributed by atoms with E-state index >= 15 is 0 Å². The summed E-state index contributed by atoms with van der Waals surface area (Å²) in [4.78, 5) is 18.2. The van der Waals surface area contributed by atoms with E-state index in [0.717, 1.165) is 42.6 Å². The minimum atomic E-state index is -0.246. The fourth-order valence-electron chi connectivity index (χ4n) is 4.57. The molecule has 0 radical (unpaired) electrons. The summed E-state index contributed by atoms with van der Waals surface area (Å²) in [5.41, 5.74) is 3.40. The summed E-state index contributed by atoms with van der Waals surface area (Å²) in [5.74, 6) is 0. The lowest BCUT2D eigenvalue weighted by Gasteiger charge is -2.48. The standard InChI is InChI=1S/C19H23ClN2O2/c1-2-24-18(23)22-11-8-14-15-12-13(20)6-7-16(15)21-17(14)19(22)9-4-3-5-10-19/h6-7,12,21H,2-5,8-11H2,1H3. The van der Waals surface area contributed by atoms with Crippen LogP contribution in [0.2, 0.25) is 5.02 Å². The zero-order valence-electron chi connectivity index (χ0n) is 14.0. The fourth-order valence-corrected chi connectivity index (χ4v) is 4.75. The molecule has 1 aromatic heterocycles. The van der Waals surface area contributed by atoms with Gasteiger partial charge in [0, 0.05) is 28.2 Å². The summed E-state index contributed by atoms with van der Waals surface area (Å²) in [6.07, 6.45) is 6.19. The summed E-state index contributed by atoms with van der Waals surface area (Å²) in [7, 11) is 0. The molecular weight excluding hydrogens is 324 g/mol. The van der Waals surface area contributed by atoms with Crippen molar-refractivity contribution in [2.45, 2.75) is 51.0 Å². The van der Waals surface area contributed by atoms with Gasteiger partial charge < -0.3 is 9.72 Å². The van der Waals surface area contributed by atoms with E-state index < -0.39 is 0 Å². The largest absolute Gasteiger partial charge is 0.450 e. The number of carbonyl (C=O) groups excluding carboxylic acids is 1. The topological polar surface area (TPSA) is 45.3 Å². The van der Waals surface area contributed by atoms with Crippen LogP contribution in [0.25, 0.3) is 10.9 Å². The Balaban J connectivity index is 1.87. The van der Waals surface area contributed by atoms with Crippen LogP contribution in [-0.2, 0) is 16.7 Å². The Morgan fingerprint density at radius 2 is 2.12 bits per heavy atom. The van der Waals surface area contributed by atoms with Crippen LogP contribution in [0.3, 0.4) is 0 Å². The minimum Gasteiger partial charge on any atom is -0.450 e. The van der Waals surface area contributed by atoms with E-state index in [0.29, 0.717) is 13.2 Å². The normalized spacial score (nSPS) is 19.5. The highest BCUT2D eigenvalue weighted by molar-refractivity contribution is 6.31. The summed E-state index contributed by atoms with van der Waals surface area (Å²) < 4.78 is 5.37. The Morgan fingerprint density at radius 3 is 2.88 bits per heavy atom. The summed E-state index contributed by atoms with van der Waals surface area (Å²) >= 11 is 6.22. The van der Waals surface area contributed by atoms with Crippen molar-refractivity contribution in [3.63, 3.8) is 0 Å². The molecular formula is C19H23ClN2O2. The van der Waals surface area contributed by atoms with Gasteiger partial charge in [-0.05, 0) is 49.9 Å². The van der Waals surface area contributed by atoms with Crippen LogP contribution in [0.5, 0.6) is 0 Å². The second-order valence-electron chi connectivity index (χ2n) is 6.86. The highest BCUT2D eigenvalue weighted by atomic mass is 35.5. The molecule has 2 aromatic rings. The maximum absolute atomic E-state index is 12.6. The SMILES string of the molecule is CCOC(=O)N1CCc2c([nH]c3ccc(Cl)cc23)C12CCCCC2. The number of rotatable bonds is 1. The van der Waals surface area contributed by atoms with E-state index in [1.807, 2.05) is 30.0 Å². The van der Waals surface area contributed by atoms with Crippen molar-refractivity contribution in [3.8, 4) is 0 Å². The number of hydrogen-bond donors (Lipinski definition) is 1. The zero-order valence-corrected chi connectivity index (χ0v) is 14.8. The lowest BCUT2D eigenvalue weighted by molar-refractivity contribution is 0.0210. The number of amides is 1. The first-order valence-electron chi connectivity index (χ1n) is 8.91. The molecule has 128 valence electrons. The monoisotopic (exact) mass is 346 g/mol. The molecule has 1 fully saturated rings. The predicted octanol–water partition coefficient (Wildman–Crippen LogP) is 5.00. The number of aromatic nitrogens is 1. The Bertz CT molecular complexity index is 777. The molecule has 1 spiro atoms. The molecule has 1 aliphatic heterocycles. The second-order valence-corrected chi connectivity index (χ2v) is 7.30. The van der Waals surface area contributed by atoms with Crippen LogP contribution in [-0.4, -0.2) is 29.1 Å². The van der Waals surface area contributed by atoms with Gasteiger partial charge in [0.05, 0.1) is 12.1 Å². The van der Waals surface area contributed by atoms with Gasteiger partial charge in [-0.3, -0.25) is 4.90 Å². The molecule has 24 heavy (non-hydrogen) atoms. The lowest BCUT2D eigenvalue weighted by Crippen LogP contribution is -2.54. The van der Waals surface area contributed by atoms with E-state index in [9.17, 15) is 4.79 Å². The third kappa shape index (κ3) is 2.31. The Kier molecular flexibility index (Phi) is 3.95. The van der Waals surface area contributed by atoms with Crippen LogP contribution in [0, 0.1) is 0 Å². The Labute approximate surface area is 147 Å². The van der Waals surface area contributed by atoms with Gasteiger partial charge in [0.2, 0.25) is 0 Å². The molecule has 2 heterocycles. The molecule has 5 heteroatoms. The molecule has 0 saturated heterocycles. The summed E-state index contributed by atoms with van der Waals surface area (Å²) in [5, 5.41) is 1.96. The first-order chi connectivity index (χ1) is 11.7. The van der Waals surface area contributed by atoms with E-state index in [4.69, 9.17) is 16.3 Å². The van der Waals surface area contributed by atoms with E-state index in [1.165, 1.54) is 23.1 Å². The van der Waals surface area contributed by atoms with Crippen molar-refractivity contribution in [2.75, 3.05) is 13.2 Å². The summed E-state index contributed by atoms with van der Waals surface area (Å²) in [6.45, 7) is 3.00. The second kappa shape index (κ2) is 5.99. The van der Waals surface area contributed by atoms with Crippen LogP contribution in [0.4, 0.5) is 4.79 Å². The van der Waals surface area contributed by atoms with Gasteiger partial charge in [0.15, 0.2) is 0 Å². The number of benzene rings is 1. The highest BCUT2D eigenvalue weighted by Crippen LogP contribution is 2.48. The maximum Gasteiger partial charge on any atom is 0.410 e. The average Bonchev–Trinajstić information content (AvgIpc) is 2.95. The van der Waals surface area contributed by atoms with Gasteiger partial charge in [-0.2, -0.15) is 0 Å². The van der Waals surface area contributed by atoms with Crippen molar-refractivity contribution in [2.24, 2.45) is 0 Å². The van der Waals surface area contributed by atoms with Gasteiger partial charge in [-0.1, -0.05) is 30.9 Å². The average molecular weight is 347 g/mol. The number of aromatic amines is 1. The molecule has 1 N–H and O–H groups in total. The highest BCUT2D eigenvalue weighted by Gasteiger charge is 2.47. The van der Waals surface area contributed by atoms with E-state index in [1.54, 1.807) is 0 Å². The molecule has 0 unspecified atom stereocenters. The van der Waals surface area contributed by atoms with Crippen LogP contribution in [0.15, 0.2) is 18.2 Å². The predicted molar refractivity (Wildman–Crippen MR) is 95.5 cm³/mol. The molecule has 4 nitrogen and oxygen atoms in total. The number of nitrogens with zero attached hydrogens (tertiary/aromatic N) is 1. The fraction of sp³-hybridized carbons (Fsp3) is 0.526. The van der Waals surface area contributed by atoms with Gasteiger partial charge >= 0.3 is 6.09 Å². The molecule has 4 rings (SSSR count). The lowest BCUT2D eigenvalue weighted by atomic mass is 9.74. The van der Waals surface area contributed by atoms with Crippen molar-refractivity contribution in [1.29, 1.82) is 0 Å². The van der Waals surface area contributed by atoms with Crippen molar-refractivity contribution < 1.29 is 9.53 Å². The number of H-pyrrole nitrogens is 1.